The van der Waals surface area contributed by atoms with Gasteiger partial charge in [-0.3, -0.25) is 9.78 Å². The molecule has 1 amide bonds. The maximum Gasteiger partial charge on any atom is 0.410 e. The SMILES string of the molecule is CCc1ccc([C@H]2C[C@@H](C(F)(F)F)n3ncc(CC(=O)NCc4ccncc4F)c3N2)cc1. The van der Waals surface area contributed by atoms with Crippen LogP contribution in [0.15, 0.2) is 48.9 Å². The molecular formula is C23H23F4N5O. The maximum atomic E-state index is 13.8. The van der Waals surface area contributed by atoms with Crippen molar-refractivity contribution in [1.82, 2.24) is 20.1 Å². The van der Waals surface area contributed by atoms with Crippen molar-refractivity contribution in [2.75, 3.05) is 5.32 Å². The molecule has 33 heavy (non-hydrogen) atoms. The van der Waals surface area contributed by atoms with E-state index in [1.54, 1.807) is 0 Å². The summed E-state index contributed by atoms with van der Waals surface area (Å²) in [6, 6.07) is 6.50. The van der Waals surface area contributed by atoms with E-state index < -0.39 is 30.0 Å². The third kappa shape index (κ3) is 4.99. The van der Waals surface area contributed by atoms with Gasteiger partial charge >= 0.3 is 6.18 Å². The molecule has 4 rings (SSSR count). The number of halogens is 4. The van der Waals surface area contributed by atoms with Gasteiger partial charge in [-0.15, -0.1) is 0 Å². The molecular weight excluding hydrogens is 438 g/mol. The van der Waals surface area contributed by atoms with Crippen LogP contribution in [0.2, 0.25) is 0 Å². The lowest BCUT2D eigenvalue weighted by Crippen LogP contribution is -2.36. The van der Waals surface area contributed by atoms with Gasteiger partial charge in [0.05, 0.1) is 24.9 Å². The number of fused-ring (bicyclic) bond motifs is 1. The predicted molar refractivity (Wildman–Crippen MR) is 114 cm³/mol. The number of hydrogen-bond acceptors (Lipinski definition) is 4. The van der Waals surface area contributed by atoms with Gasteiger partial charge in [-0.05, 0) is 23.6 Å². The van der Waals surface area contributed by atoms with Crippen molar-refractivity contribution in [3.63, 3.8) is 0 Å². The highest BCUT2D eigenvalue weighted by atomic mass is 19.4. The number of carbonyl (C=O) groups is 1. The number of aryl methyl sites for hydroxylation is 1. The molecule has 2 N–H and O–H groups in total. The fourth-order valence-electron chi connectivity index (χ4n) is 3.92. The first-order chi connectivity index (χ1) is 15.8. The summed E-state index contributed by atoms with van der Waals surface area (Å²) >= 11 is 0. The fourth-order valence-corrected chi connectivity index (χ4v) is 3.92. The molecule has 0 spiro atoms. The topological polar surface area (TPSA) is 71.8 Å². The van der Waals surface area contributed by atoms with Gasteiger partial charge < -0.3 is 10.6 Å². The minimum atomic E-state index is -4.50. The summed E-state index contributed by atoms with van der Waals surface area (Å²) in [6.45, 7) is 1.95. The van der Waals surface area contributed by atoms with E-state index in [2.05, 4.69) is 20.7 Å². The van der Waals surface area contributed by atoms with E-state index in [-0.39, 0.29) is 30.8 Å². The predicted octanol–water partition coefficient (Wildman–Crippen LogP) is 4.50. The van der Waals surface area contributed by atoms with Crippen LogP contribution in [-0.2, 0) is 24.2 Å². The van der Waals surface area contributed by atoms with Crippen molar-refractivity contribution in [1.29, 1.82) is 0 Å². The Kier molecular flexibility index (Phi) is 6.35. The summed E-state index contributed by atoms with van der Waals surface area (Å²) in [5, 5.41) is 9.66. The number of benzene rings is 1. The van der Waals surface area contributed by atoms with Crippen LogP contribution in [0.4, 0.5) is 23.4 Å². The van der Waals surface area contributed by atoms with Crippen molar-refractivity contribution < 1.29 is 22.4 Å². The van der Waals surface area contributed by atoms with Crippen molar-refractivity contribution in [3.8, 4) is 0 Å². The molecule has 1 aliphatic heterocycles. The number of aromatic nitrogens is 3. The summed E-state index contributed by atoms with van der Waals surface area (Å²) in [7, 11) is 0. The van der Waals surface area contributed by atoms with Gasteiger partial charge in [0.15, 0.2) is 6.04 Å². The normalized spacial score (nSPS) is 17.8. The van der Waals surface area contributed by atoms with E-state index in [4.69, 9.17) is 0 Å². The number of hydrogen-bond donors (Lipinski definition) is 2. The second-order valence-electron chi connectivity index (χ2n) is 7.97. The number of anilines is 1. The molecule has 6 nitrogen and oxygen atoms in total. The van der Waals surface area contributed by atoms with Gasteiger partial charge in [0, 0.05) is 30.3 Å². The third-order valence-electron chi connectivity index (χ3n) is 5.79. The Balaban J connectivity index is 1.54. The standard InChI is InChI=1S/C23H23F4N5O/c1-2-14-3-5-15(6-4-14)19-10-20(23(25,26)27)32-22(31-19)17(12-30-32)9-21(33)29-11-16-7-8-28-13-18(16)24/h3-8,12-13,19-20,31H,2,9-11H2,1H3,(H,29,33)/t19-,20+/m1/s1. The molecule has 1 aliphatic rings. The molecule has 1 aromatic carbocycles. The first-order valence-corrected chi connectivity index (χ1v) is 10.6. The van der Waals surface area contributed by atoms with Gasteiger partial charge in [-0.2, -0.15) is 18.3 Å². The highest BCUT2D eigenvalue weighted by Gasteiger charge is 2.46. The van der Waals surface area contributed by atoms with Crippen molar-refractivity contribution in [2.24, 2.45) is 0 Å². The second kappa shape index (κ2) is 9.21. The fraction of sp³-hybridized carbons (Fsp3) is 0.348. The number of pyridine rings is 1. The van der Waals surface area contributed by atoms with Gasteiger partial charge in [0.2, 0.25) is 5.91 Å². The third-order valence-corrected chi connectivity index (χ3v) is 5.79. The van der Waals surface area contributed by atoms with Gasteiger partial charge in [0.25, 0.3) is 0 Å². The number of carbonyl (C=O) groups excluding carboxylic acids is 1. The van der Waals surface area contributed by atoms with Crippen LogP contribution >= 0.6 is 0 Å². The van der Waals surface area contributed by atoms with E-state index in [0.717, 1.165) is 28.4 Å². The van der Waals surface area contributed by atoms with Crippen molar-refractivity contribution >= 4 is 11.7 Å². The zero-order valence-electron chi connectivity index (χ0n) is 17.9. The summed E-state index contributed by atoms with van der Waals surface area (Å²) in [5.74, 6) is -0.840. The van der Waals surface area contributed by atoms with Crippen LogP contribution in [0.1, 0.15) is 47.7 Å². The lowest BCUT2D eigenvalue weighted by atomic mass is 9.95. The molecule has 0 bridgehead atoms. The van der Waals surface area contributed by atoms with Crippen LogP contribution in [0.5, 0.6) is 0 Å². The van der Waals surface area contributed by atoms with E-state index in [1.165, 1.54) is 18.5 Å². The number of alkyl halides is 3. The quantitative estimate of drug-likeness (QED) is 0.531. The molecule has 0 unspecified atom stereocenters. The van der Waals surface area contributed by atoms with E-state index in [1.807, 2.05) is 31.2 Å². The van der Waals surface area contributed by atoms with Crippen molar-refractivity contribution in [3.05, 3.63) is 77.0 Å². The monoisotopic (exact) mass is 461 g/mol. The van der Waals surface area contributed by atoms with Crippen LogP contribution < -0.4 is 10.6 Å². The molecule has 3 heterocycles. The molecule has 2 atom stereocenters. The Bertz CT molecular complexity index is 1130. The highest BCUT2D eigenvalue weighted by molar-refractivity contribution is 5.80. The Morgan fingerprint density at radius 2 is 1.94 bits per heavy atom. The molecule has 0 aliphatic carbocycles. The van der Waals surface area contributed by atoms with Crippen LogP contribution in [0.3, 0.4) is 0 Å². The van der Waals surface area contributed by atoms with Crippen molar-refractivity contribution in [2.45, 2.75) is 51.0 Å². The number of rotatable bonds is 6. The summed E-state index contributed by atoms with van der Waals surface area (Å²) in [5.41, 5.74) is 2.43. The molecule has 3 aromatic rings. The van der Waals surface area contributed by atoms with Gasteiger partial charge in [-0.1, -0.05) is 31.2 Å². The van der Waals surface area contributed by atoms with E-state index >= 15 is 0 Å². The zero-order valence-corrected chi connectivity index (χ0v) is 17.9. The molecule has 10 heteroatoms. The highest BCUT2D eigenvalue weighted by Crippen LogP contribution is 2.44. The Labute approximate surface area is 188 Å². The second-order valence-corrected chi connectivity index (χ2v) is 7.97. The molecule has 0 fully saturated rings. The van der Waals surface area contributed by atoms with Gasteiger partial charge in [0.1, 0.15) is 11.6 Å². The number of nitrogens with one attached hydrogen (secondary N) is 2. The van der Waals surface area contributed by atoms with Crippen LogP contribution in [0, 0.1) is 5.82 Å². The minimum Gasteiger partial charge on any atom is -0.363 e. The lowest BCUT2D eigenvalue weighted by molar-refractivity contribution is -0.173. The summed E-state index contributed by atoms with van der Waals surface area (Å²) in [6.07, 6.45) is -0.340. The van der Waals surface area contributed by atoms with Crippen LogP contribution in [0.25, 0.3) is 0 Å². The minimum absolute atomic E-state index is 0.0539. The van der Waals surface area contributed by atoms with Gasteiger partial charge in [-0.25, -0.2) is 9.07 Å². The average Bonchev–Trinajstić information content (AvgIpc) is 3.19. The smallest absolute Gasteiger partial charge is 0.363 e. The average molecular weight is 461 g/mol. The van der Waals surface area contributed by atoms with E-state index in [0.29, 0.717) is 5.56 Å². The zero-order chi connectivity index (χ0) is 23.6. The lowest BCUT2D eigenvalue weighted by Gasteiger charge is -2.34. The Morgan fingerprint density at radius 3 is 2.61 bits per heavy atom. The molecule has 2 aromatic heterocycles. The first kappa shape index (κ1) is 22.8. The van der Waals surface area contributed by atoms with E-state index in [9.17, 15) is 22.4 Å². The number of nitrogens with zero attached hydrogens (tertiary/aromatic N) is 3. The molecule has 0 saturated heterocycles. The number of amides is 1. The Morgan fingerprint density at radius 1 is 1.18 bits per heavy atom. The summed E-state index contributed by atoms with van der Waals surface area (Å²) < 4.78 is 56.1. The Hall–Kier alpha value is -3.43. The summed E-state index contributed by atoms with van der Waals surface area (Å²) in [4.78, 5) is 16.1. The molecule has 0 saturated carbocycles. The van der Waals surface area contributed by atoms with Crippen LogP contribution in [-0.4, -0.2) is 26.8 Å². The largest absolute Gasteiger partial charge is 0.410 e. The maximum absolute atomic E-state index is 13.8. The first-order valence-electron chi connectivity index (χ1n) is 10.6. The molecule has 174 valence electrons. The molecule has 0 radical (unpaired) electrons.